The summed E-state index contributed by atoms with van der Waals surface area (Å²) in [6.07, 6.45) is 1.47. The van der Waals surface area contributed by atoms with Crippen molar-refractivity contribution in [3.05, 3.63) is 54.2 Å². The van der Waals surface area contributed by atoms with Gasteiger partial charge in [0.25, 0.3) is 0 Å². The van der Waals surface area contributed by atoms with Crippen molar-refractivity contribution in [2.75, 3.05) is 0 Å². The third-order valence-electron chi connectivity index (χ3n) is 4.21. The molecule has 4 aromatic heterocycles. The van der Waals surface area contributed by atoms with Crippen LogP contribution >= 0.6 is 34.0 Å². The number of oxazole rings is 1. The molecule has 0 spiro atoms. The highest BCUT2D eigenvalue weighted by atomic mass is 32.1. The highest BCUT2D eigenvalue weighted by Gasteiger charge is 2.13. The summed E-state index contributed by atoms with van der Waals surface area (Å²) >= 11 is 5.12. The number of hydrogen-bond donors (Lipinski definition) is 0. The molecule has 7 heteroatoms. The van der Waals surface area contributed by atoms with E-state index in [1.54, 1.807) is 34.0 Å². The van der Waals surface area contributed by atoms with E-state index in [4.69, 9.17) is 14.4 Å². The van der Waals surface area contributed by atoms with Gasteiger partial charge in [0.15, 0.2) is 12.0 Å². The topological polar surface area (TPSA) is 51.8 Å². The standard InChI is InChI=1S/C19H9N3OS3/c1-2-15(24-5-1)19-22-13-8-16-12(7-17(13)26-19)21-18(25-16)10-3-4-14-11(6-10)20-9-23-14/h1-9H. The molecular weight excluding hydrogens is 382 g/mol. The predicted octanol–water partition coefficient (Wildman–Crippen LogP) is 6.44. The first-order valence-electron chi connectivity index (χ1n) is 7.92. The molecule has 0 aliphatic carbocycles. The fourth-order valence-corrected chi connectivity index (χ4v) is 5.72. The molecule has 0 fully saturated rings. The molecule has 4 nitrogen and oxygen atoms in total. The summed E-state index contributed by atoms with van der Waals surface area (Å²) in [5.41, 5.74) is 4.75. The SMILES string of the molecule is c1csc(-c2nc3cc4sc(-c5ccc6ocnc6c5)nc4cc3s2)c1. The van der Waals surface area contributed by atoms with E-state index in [0.29, 0.717) is 0 Å². The first-order valence-corrected chi connectivity index (χ1v) is 10.4. The van der Waals surface area contributed by atoms with Gasteiger partial charge in [-0.05, 0) is 41.8 Å². The minimum Gasteiger partial charge on any atom is -0.443 e. The van der Waals surface area contributed by atoms with E-state index in [9.17, 15) is 0 Å². The van der Waals surface area contributed by atoms with E-state index >= 15 is 0 Å². The third kappa shape index (κ3) is 2.21. The third-order valence-corrected chi connectivity index (χ3v) is 7.33. The number of benzene rings is 2. The number of rotatable bonds is 2. The van der Waals surface area contributed by atoms with E-state index in [1.165, 1.54) is 16.0 Å². The summed E-state index contributed by atoms with van der Waals surface area (Å²) in [6, 6.07) is 14.5. The minimum atomic E-state index is 0.792. The Kier molecular flexibility index (Phi) is 3.04. The van der Waals surface area contributed by atoms with Crippen LogP contribution in [0.2, 0.25) is 0 Å². The number of hydrogen-bond acceptors (Lipinski definition) is 7. The highest BCUT2D eigenvalue weighted by Crippen LogP contribution is 2.38. The number of thiazole rings is 2. The Hall–Kier alpha value is -2.61. The molecule has 0 amide bonds. The van der Waals surface area contributed by atoms with E-state index in [-0.39, 0.29) is 0 Å². The Balaban J connectivity index is 1.50. The second kappa shape index (κ2) is 5.44. The van der Waals surface area contributed by atoms with Gasteiger partial charge in [-0.1, -0.05) is 6.07 Å². The van der Waals surface area contributed by atoms with Crippen LogP contribution in [0, 0.1) is 0 Å². The molecule has 0 radical (unpaired) electrons. The zero-order chi connectivity index (χ0) is 17.1. The second-order valence-electron chi connectivity index (χ2n) is 5.84. The van der Waals surface area contributed by atoms with Gasteiger partial charge in [-0.3, -0.25) is 0 Å². The normalized spacial score (nSPS) is 11.8. The van der Waals surface area contributed by atoms with Gasteiger partial charge < -0.3 is 4.42 Å². The molecule has 124 valence electrons. The number of fused-ring (bicyclic) bond motifs is 3. The van der Waals surface area contributed by atoms with Crippen LogP contribution in [0.4, 0.5) is 0 Å². The summed E-state index contributed by atoms with van der Waals surface area (Å²) in [5, 5.41) is 4.14. The summed E-state index contributed by atoms with van der Waals surface area (Å²) in [6.45, 7) is 0. The van der Waals surface area contributed by atoms with E-state index < -0.39 is 0 Å². The summed E-state index contributed by atoms with van der Waals surface area (Å²) < 4.78 is 7.64. The van der Waals surface area contributed by atoms with E-state index in [1.807, 2.05) is 18.2 Å². The van der Waals surface area contributed by atoms with Crippen molar-refractivity contribution in [3.63, 3.8) is 0 Å². The first kappa shape index (κ1) is 14.5. The fraction of sp³-hybridized carbons (Fsp3) is 0. The summed E-state index contributed by atoms with van der Waals surface area (Å²) in [4.78, 5) is 15.1. The molecule has 6 rings (SSSR count). The zero-order valence-electron chi connectivity index (χ0n) is 13.2. The average molecular weight is 392 g/mol. The number of thiophene rings is 1. The van der Waals surface area contributed by atoms with Crippen LogP contribution in [0.25, 0.3) is 52.0 Å². The largest absolute Gasteiger partial charge is 0.443 e. The monoisotopic (exact) mass is 391 g/mol. The van der Waals surface area contributed by atoms with Crippen LogP contribution in [0.15, 0.2) is 58.7 Å². The van der Waals surface area contributed by atoms with Crippen molar-refractivity contribution >= 4 is 65.5 Å². The van der Waals surface area contributed by atoms with E-state index in [2.05, 4.69) is 34.6 Å². The van der Waals surface area contributed by atoms with Crippen LogP contribution in [-0.2, 0) is 0 Å². The molecule has 0 N–H and O–H groups in total. The van der Waals surface area contributed by atoms with Gasteiger partial charge in [0, 0.05) is 5.56 Å². The maximum atomic E-state index is 5.32. The van der Waals surface area contributed by atoms with Gasteiger partial charge in [-0.15, -0.1) is 34.0 Å². The van der Waals surface area contributed by atoms with Crippen molar-refractivity contribution in [2.24, 2.45) is 0 Å². The Morgan fingerprint density at radius 1 is 0.808 bits per heavy atom. The molecule has 26 heavy (non-hydrogen) atoms. The Labute approximate surface area is 159 Å². The van der Waals surface area contributed by atoms with Crippen molar-refractivity contribution in [1.82, 2.24) is 15.0 Å². The van der Waals surface area contributed by atoms with Crippen LogP contribution in [0.1, 0.15) is 0 Å². The quantitative estimate of drug-likeness (QED) is 0.341. The lowest BCUT2D eigenvalue weighted by molar-refractivity contribution is 0.602. The molecule has 6 aromatic rings. The van der Waals surface area contributed by atoms with Crippen LogP contribution in [0.3, 0.4) is 0 Å². The van der Waals surface area contributed by atoms with Crippen molar-refractivity contribution in [1.29, 1.82) is 0 Å². The van der Waals surface area contributed by atoms with Crippen LogP contribution < -0.4 is 0 Å². The molecule has 0 saturated carbocycles. The highest BCUT2D eigenvalue weighted by molar-refractivity contribution is 7.25. The predicted molar refractivity (Wildman–Crippen MR) is 109 cm³/mol. The molecule has 0 unspecified atom stereocenters. The van der Waals surface area contributed by atoms with Crippen LogP contribution in [0.5, 0.6) is 0 Å². The fourth-order valence-electron chi connectivity index (χ4n) is 2.97. The van der Waals surface area contributed by atoms with Gasteiger partial charge in [0.1, 0.15) is 15.5 Å². The molecule has 0 aliphatic heterocycles. The Morgan fingerprint density at radius 2 is 1.62 bits per heavy atom. The lowest BCUT2D eigenvalue weighted by Gasteiger charge is -1.94. The molecule has 0 atom stereocenters. The Bertz CT molecular complexity index is 1340. The molecule has 2 aromatic carbocycles. The molecule has 0 aliphatic rings. The van der Waals surface area contributed by atoms with Gasteiger partial charge in [-0.2, -0.15) is 0 Å². The van der Waals surface area contributed by atoms with Gasteiger partial charge >= 0.3 is 0 Å². The molecule has 4 heterocycles. The van der Waals surface area contributed by atoms with Gasteiger partial charge in [0.2, 0.25) is 0 Å². The van der Waals surface area contributed by atoms with Gasteiger partial charge in [-0.25, -0.2) is 15.0 Å². The second-order valence-corrected chi connectivity index (χ2v) is 8.85. The minimum absolute atomic E-state index is 0.792. The average Bonchev–Trinajstić information content (AvgIpc) is 3.43. The summed E-state index contributed by atoms with van der Waals surface area (Å²) in [7, 11) is 0. The summed E-state index contributed by atoms with van der Waals surface area (Å²) in [5.74, 6) is 0. The van der Waals surface area contributed by atoms with Gasteiger partial charge in [0.05, 0.1) is 25.3 Å². The number of nitrogens with zero attached hydrogens (tertiary/aromatic N) is 3. The van der Waals surface area contributed by atoms with Crippen molar-refractivity contribution in [2.45, 2.75) is 0 Å². The number of aromatic nitrogens is 3. The van der Waals surface area contributed by atoms with E-state index in [0.717, 1.165) is 42.4 Å². The first-order chi connectivity index (χ1) is 12.8. The lowest BCUT2D eigenvalue weighted by atomic mass is 10.2. The molecular formula is C19H9N3OS3. The maximum absolute atomic E-state index is 5.32. The Morgan fingerprint density at radius 3 is 2.42 bits per heavy atom. The lowest BCUT2D eigenvalue weighted by Crippen LogP contribution is -1.76. The molecule has 0 saturated heterocycles. The maximum Gasteiger partial charge on any atom is 0.181 e. The smallest absolute Gasteiger partial charge is 0.181 e. The van der Waals surface area contributed by atoms with Crippen LogP contribution in [-0.4, -0.2) is 15.0 Å². The zero-order valence-corrected chi connectivity index (χ0v) is 15.6. The molecule has 0 bridgehead atoms. The van der Waals surface area contributed by atoms with Crippen molar-refractivity contribution < 1.29 is 4.42 Å². The van der Waals surface area contributed by atoms with Crippen molar-refractivity contribution in [3.8, 4) is 20.5 Å².